The van der Waals surface area contributed by atoms with Crippen LogP contribution in [0.4, 0.5) is 24.8 Å². The highest BCUT2D eigenvalue weighted by Crippen LogP contribution is 2.33. The molecule has 1 heterocycles. The molecule has 1 unspecified atom stereocenters. The number of benzene rings is 1. The minimum absolute atomic E-state index is 0.168. The van der Waals surface area contributed by atoms with Gasteiger partial charge < -0.3 is 15.4 Å². The quantitative estimate of drug-likeness (QED) is 0.379. The fourth-order valence-corrected chi connectivity index (χ4v) is 3.72. The number of alkyl halides is 3. The molecule has 0 aliphatic rings. The number of aromatic nitrogens is 2. The summed E-state index contributed by atoms with van der Waals surface area (Å²) < 4.78 is 73.5. The molecule has 1 aromatic heterocycles. The lowest BCUT2D eigenvalue weighted by Gasteiger charge is -2.35. The second-order valence-corrected chi connectivity index (χ2v) is 8.56. The summed E-state index contributed by atoms with van der Waals surface area (Å²) in [5, 5.41) is 3.48. The first-order valence-corrected chi connectivity index (χ1v) is 10.9. The molecule has 0 fully saturated rings. The molecule has 0 bridgehead atoms. The fraction of sp³-hybridized carbons (Fsp3) is 0.368. The number of aryl methyl sites for hydroxylation is 2. The summed E-state index contributed by atoms with van der Waals surface area (Å²) in [6, 6.07) is 5.65. The Bertz CT molecular complexity index is 1120. The topological polar surface area (TPSA) is 139 Å². The van der Waals surface area contributed by atoms with Crippen molar-refractivity contribution in [3.8, 4) is 0 Å². The molecule has 10 nitrogen and oxygen atoms in total. The van der Waals surface area contributed by atoms with Crippen molar-refractivity contribution in [3.05, 3.63) is 41.7 Å². The van der Waals surface area contributed by atoms with Gasteiger partial charge in [0.1, 0.15) is 0 Å². The van der Waals surface area contributed by atoms with E-state index in [0.717, 1.165) is 31.2 Å². The van der Waals surface area contributed by atoms with Crippen LogP contribution in [0.15, 0.2) is 35.2 Å². The Kier molecular flexibility index (Phi) is 7.52. The van der Waals surface area contributed by atoms with E-state index in [-0.39, 0.29) is 23.1 Å². The second-order valence-electron chi connectivity index (χ2n) is 6.88. The van der Waals surface area contributed by atoms with E-state index in [0.29, 0.717) is 11.4 Å². The average molecular weight is 489 g/mol. The number of hydrogen-bond acceptors (Lipinski definition) is 8. The SMILES string of the molecule is CCOC(=O)C(NC(C)=O)(Nc1ccc(S(=O)(=O)Nc2nc(C)cc(C)n2)cc1)C(F)(F)F. The molecule has 2 aromatic rings. The normalized spacial score (nSPS) is 13.5. The predicted molar refractivity (Wildman–Crippen MR) is 112 cm³/mol. The smallest absolute Gasteiger partial charge is 0.441 e. The van der Waals surface area contributed by atoms with Crippen molar-refractivity contribution in [2.45, 2.75) is 44.4 Å². The number of anilines is 2. The number of amides is 1. The molecular formula is C19H22F3N5O5S. The van der Waals surface area contributed by atoms with Gasteiger partial charge in [0.2, 0.25) is 11.9 Å². The van der Waals surface area contributed by atoms with Crippen LogP contribution in [0.5, 0.6) is 0 Å². The Balaban J connectivity index is 2.38. The maximum atomic E-state index is 13.9. The lowest BCUT2D eigenvalue weighted by Crippen LogP contribution is -2.69. The molecular weight excluding hydrogens is 467 g/mol. The molecule has 1 atom stereocenters. The van der Waals surface area contributed by atoms with Crippen LogP contribution in [-0.4, -0.2) is 48.7 Å². The maximum Gasteiger partial charge on any atom is 0.441 e. The third kappa shape index (κ3) is 6.09. The number of nitrogens with zero attached hydrogens (tertiary/aromatic N) is 2. The van der Waals surface area contributed by atoms with Gasteiger partial charge >= 0.3 is 17.8 Å². The van der Waals surface area contributed by atoms with Crippen molar-refractivity contribution in [3.63, 3.8) is 0 Å². The molecule has 0 saturated heterocycles. The van der Waals surface area contributed by atoms with Crippen LogP contribution in [-0.2, 0) is 24.3 Å². The number of carbonyl (C=O) groups excluding carboxylic acids is 2. The van der Waals surface area contributed by atoms with Crippen LogP contribution >= 0.6 is 0 Å². The molecule has 1 aromatic carbocycles. The first kappa shape index (κ1) is 25.8. The standard InChI is InChI=1S/C19H22F3N5O5S/c1-5-32-16(29)18(19(20,21)22,25-13(4)28)26-14-6-8-15(9-7-14)33(30,31)27-17-23-11(2)10-12(3)24-17/h6-10,26H,5H2,1-4H3,(H,25,28)(H,23,24,27). The largest absolute Gasteiger partial charge is 0.463 e. The molecule has 3 N–H and O–H groups in total. The van der Waals surface area contributed by atoms with Gasteiger partial charge in [-0.1, -0.05) is 0 Å². The lowest BCUT2D eigenvalue weighted by molar-refractivity contribution is -0.207. The van der Waals surface area contributed by atoms with Crippen molar-refractivity contribution in [2.75, 3.05) is 16.6 Å². The number of ether oxygens (including phenoxy) is 1. The molecule has 180 valence electrons. The monoisotopic (exact) mass is 489 g/mol. The molecule has 1 amide bonds. The van der Waals surface area contributed by atoms with Gasteiger partial charge in [0.25, 0.3) is 10.0 Å². The Labute approximate surface area is 188 Å². The number of halogens is 3. The minimum Gasteiger partial charge on any atom is -0.463 e. The summed E-state index contributed by atoms with van der Waals surface area (Å²) in [6.45, 7) is 5.04. The molecule has 0 aliphatic heterocycles. The summed E-state index contributed by atoms with van der Waals surface area (Å²) in [5.74, 6) is -3.10. The van der Waals surface area contributed by atoms with Crippen LogP contribution in [0.3, 0.4) is 0 Å². The van der Waals surface area contributed by atoms with Crippen molar-refractivity contribution >= 4 is 33.5 Å². The number of hydrogen-bond donors (Lipinski definition) is 3. The van der Waals surface area contributed by atoms with Gasteiger partial charge in [-0.25, -0.2) is 27.9 Å². The van der Waals surface area contributed by atoms with E-state index in [1.54, 1.807) is 25.2 Å². The summed E-state index contributed by atoms with van der Waals surface area (Å²) in [5.41, 5.74) is -2.84. The third-order valence-corrected chi connectivity index (χ3v) is 5.42. The zero-order valence-electron chi connectivity index (χ0n) is 18.1. The van der Waals surface area contributed by atoms with E-state index in [1.165, 1.54) is 6.92 Å². The van der Waals surface area contributed by atoms with E-state index in [9.17, 15) is 31.2 Å². The van der Waals surface area contributed by atoms with E-state index < -0.39 is 33.7 Å². The first-order chi connectivity index (χ1) is 15.2. The summed E-state index contributed by atoms with van der Waals surface area (Å²) in [4.78, 5) is 31.3. The van der Waals surface area contributed by atoms with Crippen LogP contribution < -0.4 is 15.4 Å². The number of rotatable bonds is 8. The Morgan fingerprint density at radius 3 is 2.06 bits per heavy atom. The Morgan fingerprint density at radius 2 is 1.61 bits per heavy atom. The highest BCUT2D eigenvalue weighted by atomic mass is 32.2. The van der Waals surface area contributed by atoms with Crippen molar-refractivity contribution in [1.82, 2.24) is 15.3 Å². The molecule has 0 saturated carbocycles. The van der Waals surface area contributed by atoms with Crippen molar-refractivity contribution in [2.24, 2.45) is 0 Å². The van der Waals surface area contributed by atoms with Gasteiger partial charge in [0.15, 0.2) is 0 Å². The summed E-state index contributed by atoms with van der Waals surface area (Å²) in [7, 11) is -4.17. The van der Waals surface area contributed by atoms with E-state index in [4.69, 9.17) is 0 Å². The number of carbonyl (C=O) groups is 2. The van der Waals surface area contributed by atoms with Crippen molar-refractivity contribution < 1.29 is 35.9 Å². The molecule has 14 heteroatoms. The van der Waals surface area contributed by atoms with Gasteiger partial charge in [-0.2, -0.15) is 13.2 Å². The van der Waals surface area contributed by atoms with E-state index >= 15 is 0 Å². The molecule has 0 aliphatic carbocycles. The van der Waals surface area contributed by atoms with E-state index in [2.05, 4.69) is 19.4 Å². The fourth-order valence-electron chi connectivity index (χ4n) is 2.78. The zero-order chi connectivity index (χ0) is 25.0. The van der Waals surface area contributed by atoms with Crippen LogP contribution in [0.2, 0.25) is 0 Å². The van der Waals surface area contributed by atoms with Gasteiger partial charge in [-0.3, -0.25) is 4.79 Å². The van der Waals surface area contributed by atoms with E-state index in [1.807, 2.05) is 5.32 Å². The zero-order valence-corrected chi connectivity index (χ0v) is 18.9. The molecule has 33 heavy (non-hydrogen) atoms. The number of sulfonamides is 1. The summed E-state index contributed by atoms with van der Waals surface area (Å²) >= 11 is 0. The van der Waals surface area contributed by atoms with Crippen LogP contribution in [0.1, 0.15) is 25.2 Å². The highest BCUT2D eigenvalue weighted by molar-refractivity contribution is 7.92. The summed E-state index contributed by atoms with van der Waals surface area (Å²) in [6.07, 6.45) is -5.29. The first-order valence-electron chi connectivity index (χ1n) is 9.46. The maximum absolute atomic E-state index is 13.9. The highest BCUT2D eigenvalue weighted by Gasteiger charge is 2.63. The van der Waals surface area contributed by atoms with Gasteiger partial charge in [-0.05, 0) is 51.1 Å². The Hall–Kier alpha value is -3.42. The number of esters is 1. The molecule has 2 rings (SSSR count). The van der Waals surface area contributed by atoms with Crippen LogP contribution in [0.25, 0.3) is 0 Å². The van der Waals surface area contributed by atoms with Crippen molar-refractivity contribution in [1.29, 1.82) is 0 Å². The Morgan fingerprint density at radius 1 is 1.06 bits per heavy atom. The number of nitrogens with one attached hydrogen (secondary N) is 3. The minimum atomic E-state index is -5.29. The third-order valence-electron chi connectivity index (χ3n) is 4.07. The lowest BCUT2D eigenvalue weighted by atomic mass is 10.1. The van der Waals surface area contributed by atoms with Crippen LogP contribution in [0, 0.1) is 13.8 Å². The predicted octanol–water partition coefficient (Wildman–Crippen LogP) is 2.26. The van der Waals surface area contributed by atoms with Gasteiger partial charge in [0.05, 0.1) is 11.5 Å². The molecule has 0 radical (unpaired) electrons. The molecule has 0 spiro atoms. The average Bonchev–Trinajstić information content (AvgIpc) is 2.65. The van der Waals surface area contributed by atoms with Gasteiger partial charge in [-0.15, -0.1) is 0 Å². The second kappa shape index (κ2) is 9.60. The van der Waals surface area contributed by atoms with Gasteiger partial charge in [0, 0.05) is 24.0 Å².